The Morgan fingerprint density at radius 1 is 1.16 bits per heavy atom. The third-order valence-electron chi connectivity index (χ3n) is 3.10. The highest BCUT2D eigenvalue weighted by atomic mass is 79.9. The molecule has 2 aromatic rings. The first-order valence-corrected chi connectivity index (χ1v) is 7.18. The van der Waals surface area contributed by atoms with Crippen LogP contribution in [0.4, 0.5) is 4.39 Å². The molecule has 0 saturated heterocycles. The Bertz CT molecular complexity index is 542. The second-order valence-electron chi connectivity index (χ2n) is 4.61. The molecular weight excluding hydrogens is 305 g/mol. The van der Waals surface area contributed by atoms with Crippen LogP contribution >= 0.6 is 15.9 Å². The molecule has 0 amide bonds. The molecule has 3 heteroatoms. The van der Waals surface area contributed by atoms with Gasteiger partial charge in [-0.05, 0) is 55.3 Å². The zero-order chi connectivity index (χ0) is 13.7. The van der Waals surface area contributed by atoms with E-state index in [2.05, 4.69) is 40.3 Å². The minimum Gasteiger partial charge on any atom is -0.310 e. The van der Waals surface area contributed by atoms with Gasteiger partial charge in [0.15, 0.2) is 0 Å². The van der Waals surface area contributed by atoms with Crippen LogP contribution in [-0.2, 0) is 6.42 Å². The molecule has 2 rings (SSSR count). The summed E-state index contributed by atoms with van der Waals surface area (Å²) in [6.07, 6.45) is 0.829. The highest BCUT2D eigenvalue weighted by molar-refractivity contribution is 9.10. The molecule has 19 heavy (non-hydrogen) atoms. The fourth-order valence-electron chi connectivity index (χ4n) is 2.02. The highest BCUT2D eigenvalue weighted by Crippen LogP contribution is 2.17. The van der Waals surface area contributed by atoms with Crippen LogP contribution in [0.15, 0.2) is 53.0 Å². The summed E-state index contributed by atoms with van der Waals surface area (Å²) in [5.74, 6) is -0.169. The molecule has 100 valence electrons. The molecule has 0 saturated carbocycles. The summed E-state index contributed by atoms with van der Waals surface area (Å²) in [7, 11) is 0. The molecule has 0 aliphatic rings. The Hall–Kier alpha value is -1.19. The molecule has 1 atom stereocenters. The monoisotopic (exact) mass is 321 g/mol. The lowest BCUT2D eigenvalue weighted by molar-refractivity contribution is 0.574. The molecule has 1 unspecified atom stereocenters. The molecule has 0 fully saturated rings. The largest absolute Gasteiger partial charge is 0.310 e. The van der Waals surface area contributed by atoms with E-state index in [4.69, 9.17) is 0 Å². The van der Waals surface area contributed by atoms with Crippen LogP contribution in [0, 0.1) is 5.82 Å². The van der Waals surface area contributed by atoms with Gasteiger partial charge in [-0.25, -0.2) is 4.39 Å². The second kappa shape index (κ2) is 6.83. The summed E-state index contributed by atoms with van der Waals surface area (Å²) in [4.78, 5) is 0. The number of hydrogen-bond acceptors (Lipinski definition) is 1. The van der Waals surface area contributed by atoms with Crippen molar-refractivity contribution in [3.63, 3.8) is 0 Å². The molecule has 0 aromatic heterocycles. The van der Waals surface area contributed by atoms with Crippen LogP contribution in [0.25, 0.3) is 0 Å². The van der Waals surface area contributed by atoms with E-state index in [9.17, 15) is 4.39 Å². The lowest BCUT2D eigenvalue weighted by Gasteiger charge is -2.14. The maximum absolute atomic E-state index is 13.0. The quantitative estimate of drug-likeness (QED) is 0.856. The van der Waals surface area contributed by atoms with Crippen molar-refractivity contribution >= 4 is 15.9 Å². The first kappa shape index (κ1) is 14.2. The Labute approximate surface area is 122 Å². The molecule has 0 aliphatic heterocycles. The van der Waals surface area contributed by atoms with Crippen LogP contribution in [0.2, 0.25) is 0 Å². The normalized spacial score (nSPS) is 12.4. The highest BCUT2D eigenvalue weighted by Gasteiger charge is 2.04. The Morgan fingerprint density at radius 2 is 1.95 bits per heavy atom. The lowest BCUT2D eigenvalue weighted by Crippen LogP contribution is -2.21. The van der Waals surface area contributed by atoms with Crippen molar-refractivity contribution in [3.05, 3.63) is 69.9 Å². The van der Waals surface area contributed by atoms with Crippen molar-refractivity contribution < 1.29 is 4.39 Å². The van der Waals surface area contributed by atoms with Crippen molar-refractivity contribution in [2.75, 3.05) is 6.54 Å². The molecule has 0 aliphatic carbocycles. The van der Waals surface area contributed by atoms with Gasteiger partial charge in [0, 0.05) is 10.5 Å². The zero-order valence-electron chi connectivity index (χ0n) is 10.9. The van der Waals surface area contributed by atoms with Crippen molar-refractivity contribution in [1.29, 1.82) is 0 Å². The van der Waals surface area contributed by atoms with Gasteiger partial charge < -0.3 is 5.32 Å². The minimum atomic E-state index is -0.169. The molecular formula is C16H17BrFN. The van der Waals surface area contributed by atoms with Crippen molar-refractivity contribution in [1.82, 2.24) is 5.32 Å². The van der Waals surface area contributed by atoms with Crippen LogP contribution in [0.5, 0.6) is 0 Å². The zero-order valence-corrected chi connectivity index (χ0v) is 12.5. The van der Waals surface area contributed by atoms with Crippen LogP contribution < -0.4 is 5.32 Å². The number of benzene rings is 2. The Morgan fingerprint density at radius 3 is 2.68 bits per heavy atom. The number of rotatable bonds is 5. The fraction of sp³-hybridized carbons (Fsp3) is 0.250. The van der Waals surface area contributed by atoms with Crippen molar-refractivity contribution in [2.45, 2.75) is 19.4 Å². The summed E-state index contributed by atoms with van der Waals surface area (Å²) in [5, 5.41) is 3.45. The molecule has 1 nitrogen and oxygen atoms in total. The predicted molar refractivity (Wildman–Crippen MR) is 80.7 cm³/mol. The van der Waals surface area contributed by atoms with E-state index in [-0.39, 0.29) is 11.9 Å². The van der Waals surface area contributed by atoms with Gasteiger partial charge in [0.25, 0.3) is 0 Å². The molecule has 2 aromatic carbocycles. The predicted octanol–water partition coefficient (Wildman–Crippen LogP) is 4.48. The Kier molecular flexibility index (Phi) is 5.11. The maximum atomic E-state index is 13.0. The van der Waals surface area contributed by atoms with E-state index in [0.717, 1.165) is 23.0 Å². The smallest absolute Gasteiger partial charge is 0.123 e. The van der Waals surface area contributed by atoms with Crippen molar-refractivity contribution in [3.8, 4) is 0 Å². The lowest BCUT2D eigenvalue weighted by atomic mass is 10.1. The van der Waals surface area contributed by atoms with Crippen LogP contribution in [0.1, 0.15) is 24.1 Å². The van der Waals surface area contributed by atoms with E-state index in [1.165, 1.54) is 11.6 Å². The molecule has 0 bridgehead atoms. The summed E-state index contributed by atoms with van der Waals surface area (Å²) in [6.45, 7) is 2.96. The van der Waals surface area contributed by atoms with E-state index >= 15 is 0 Å². The molecule has 0 spiro atoms. The third kappa shape index (κ3) is 4.44. The van der Waals surface area contributed by atoms with Gasteiger partial charge in [-0.3, -0.25) is 0 Å². The maximum Gasteiger partial charge on any atom is 0.123 e. The van der Waals surface area contributed by atoms with Gasteiger partial charge in [0.05, 0.1) is 0 Å². The average Bonchev–Trinajstić information content (AvgIpc) is 2.38. The minimum absolute atomic E-state index is 0.169. The SMILES string of the molecule is CC(NCCc1cccc(F)c1)c1cccc(Br)c1. The van der Waals surface area contributed by atoms with Crippen LogP contribution in [-0.4, -0.2) is 6.54 Å². The van der Waals surface area contributed by atoms with Gasteiger partial charge >= 0.3 is 0 Å². The molecule has 0 heterocycles. The van der Waals surface area contributed by atoms with E-state index in [0.29, 0.717) is 0 Å². The summed E-state index contributed by atoms with van der Waals surface area (Å²) in [6, 6.07) is 15.3. The van der Waals surface area contributed by atoms with Crippen molar-refractivity contribution in [2.24, 2.45) is 0 Å². The van der Waals surface area contributed by atoms with Gasteiger partial charge in [0.2, 0.25) is 0 Å². The Balaban J connectivity index is 1.85. The average molecular weight is 322 g/mol. The van der Waals surface area contributed by atoms with Gasteiger partial charge in [-0.15, -0.1) is 0 Å². The number of halogens is 2. The van der Waals surface area contributed by atoms with E-state index < -0.39 is 0 Å². The van der Waals surface area contributed by atoms with Gasteiger partial charge in [0.1, 0.15) is 5.82 Å². The van der Waals surface area contributed by atoms with Gasteiger partial charge in [-0.2, -0.15) is 0 Å². The standard InChI is InChI=1S/C16H17BrFN/c1-12(14-5-3-6-15(17)11-14)19-9-8-13-4-2-7-16(18)10-13/h2-7,10-12,19H,8-9H2,1H3. The third-order valence-corrected chi connectivity index (χ3v) is 3.60. The molecule has 1 N–H and O–H groups in total. The summed E-state index contributed by atoms with van der Waals surface area (Å²) in [5.41, 5.74) is 2.27. The first-order valence-electron chi connectivity index (χ1n) is 6.38. The fourth-order valence-corrected chi connectivity index (χ4v) is 2.44. The topological polar surface area (TPSA) is 12.0 Å². The van der Waals surface area contributed by atoms with E-state index in [1.54, 1.807) is 12.1 Å². The summed E-state index contributed by atoms with van der Waals surface area (Å²) < 4.78 is 14.1. The summed E-state index contributed by atoms with van der Waals surface area (Å²) >= 11 is 3.47. The number of nitrogens with one attached hydrogen (secondary N) is 1. The molecule has 0 radical (unpaired) electrons. The number of hydrogen-bond donors (Lipinski definition) is 1. The van der Waals surface area contributed by atoms with Gasteiger partial charge in [-0.1, -0.05) is 40.2 Å². The van der Waals surface area contributed by atoms with E-state index in [1.807, 2.05) is 18.2 Å². The first-order chi connectivity index (χ1) is 9.15. The van der Waals surface area contributed by atoms with Crippen LogP contribution in [0.3, 0.4) is 0 Å². The second-order valence-corrected chi connectivity index (χ2v) is 5.53.